The van der Waals surface area contributed by atoms with Gasteiger partial charge in [0.25, 0.3) is 0 Å². The molecule has 0 amide bonds. The highest BCUT2D eigenvalue weighted by Gasteiger charge is 2.34. The smallest absolute Gasteiger partial charge is 0.222 e. The second-order valence-corrected chi connectivity index (χ2v) is 4.51. The van der Waals surface area contributed by atoms with Crippen molar-refractivity contribution in [1.29, 1.82) is 0 Å². The zero-order valence-electron chi connectivity index (χ0n) is 9.46. The van der Waals surface area contributed by atoms with Gasteiger partial charge in [0.1, 0.15) is 11.3 Å². The summed E-state index contributed by atoms with van der Waals surface area (Å²) in [6.07, 6.45) is 0.878. The molecule has 1 heterocycles. The van der Waals surface area contributed by atoms with E-state index < -0.39 is 0 Å². The Bertz CT molecular complexity index is 450. The molecule has 1 aliphatic heterocycles. The molecule has 3 heteroatoms. The maximum atomic E-state index is 5.83. The van der Waals surface area contributed by atoms with Crippen LogP contribution in [0.4, 0.5) is 0 Å². The highest BCUT2D eigenvalue weighted by Crippen LogP contribution is 2.32. The topological polar surface area (TPSA) is 21.6 Å². The quantitative estimate of drug-likeness (QED) is 0.764. The number of aliphatic imine (C=N–C) groups is 1. The Morgan fingerprint density at radius 2 is 2.00 bits per heavy atom. The molecular formula is C13H14ClNO. The number of halogens is 1. The Morgan fingerprint density at radius 1 is 1.38 bits per heavy atom. The molecule has 84 valence electrons. The van der Waals surface area contributed by atoms with E-state index >= 15 is 0 Å². The van der Waals surface area contributed by atoms with Crippen LogP contribution in [0, 0.1) is 0 Å². The zero-order valence-corrected chi connectivity index (χ0v) is 10.2. The second-order valence-electron chi connectivity index (χ2n) is 4.08. The van der Waals surface area contributed by atoms with E-state index in [0.29, 0.717) is 16.7 Å². The van der Waals surface area contributed by atoms with Crippen LogP contribution in [0.1, 0.15) is 25.8 Å². The summed E-state index contributed by atoms with van der Waals surface area (Å²) in [6.45, 7) is 8.01. The normalized spacial score (nSPS) is 24.2. The minimum Gasteiger partial charge on any atom is -0.441 e. The van der Waals surface area contributed by atoms with Gasteiger partial charge in [-0.3, -0.25) is 0 Å². The molecule has 0 aliphatic carbocycles. The minimum atomic E-state index is -0.297. The van der Waals surface area contributed by atoms with Gasteiger partial charge >= 0.3 is 0 Å². The summed E-state index contributed by atoms with van der Waals surface area (Å²) >= 11 is 5.83. The van der Waals surface area contributed by atoms with Gasteiger partial charge in [-0.25, -0.2) is 4.99 Å². The molecule has 16 heavy (non-hydrogen) atoms. The fourth-order valence-corrected chi connectivity index (χ4v) is 1.65. The van der Waals surface area contributed by atoms with Crippen LogP contribution in [0.25, 0.3) is 0 Å². The third-order valence-electron chi connectivity index (χ3n) is 2.95. The summed E-state index contributed by atoms with van der Waals surface area (Å²) in [5, 5.41) is 0.708. The number of nitrogens with zero attached hydrogens (tertiary/aromatic N) is 1. The van der Waals surface area contributed by atoms with Gasteiger partial charge in [-0.1, -0.05) is 25.1 Å². The molecule has 1 aromatic rings. The van der Waals surface area contributed by atoms with Crippen LogP contribution in [-0.4, -0.2) is 11.4 Å². The molecule has 0 saturated carbocycles. The summed E-state index contributed by atoms with van der Waals surface area (Å²) < 4.78 is 5.61. The van der Waals surface area contributed by atoms with Crippen molar-refractivity contribution in [3.05, 3.63) is 47.2 Å². The second kappa shape index (κ2) is 3.95. The van der Waals surface area contributed by atoms with Crippen LogP contribution in [0.3, 0.4) is 0 Å². The van der Waals surface area contributed by atoms with E-state index in [1.54, 1.807) is 0 Å². The Labute approximate surface area is 101 Å². The molecular weight excluding hydrogens is 222 g/mol. The largest absolute Gasteiger partial charge is 0.441 e. The molecule has 2 nitrogen and oxygen atoms in total. The van der Waals surface area contributed by atoms with E-state index in [0.717, 1.165) is 12.0 Å². The molecule has 0 spiro atoms. The lowest BCUT2D eigenvalue weighted by Crippen LogP contribution is -2.19. The Hall–Kier alpha value is -1.28. The van der Waals surface area contributed by atoms with Crippen molar-refractivity contribution in [3.8, 4) is 0 Å². The molecule has 0 N–H and O–H groups in total. The molecule has 0 radical (unpaired) electrons. The van der Waals surface area contributed by atoms with Gasteiger partial charge in [0.05, 0.1) is 0 Å². The average Bonchev–Trinajstić information content (AvgIpc) is 2.57. The van der Waals surface area contributed by atoms with Gasteiger partial charge in [-0.05, 0) is 37.6 Å². The third-order valence-corrected chi connectivity index (χ3v) is 3.20. The highest BCUT2D eigenvalue weighted by molar-refractivity contribution is 6.30. The van der Waals surface area contributed by atoms with Gasteiger partial charge in [0, 0.05) is 10.6 Å². The van der Waals surface area contributed by atoms with E-state index in [1.165, 1.54) is 0 Å². The van der Waals surface area contributed by atoms with Crippen molar-refractivity contribution >= 4 is 17.5 Å². The molecule has 0 fully saturated rings. The summed E-state index contributed by atoms with van der Waals surface area (Å²) in [7, 11) is 0. The molecule has 0 saturated heterocycles. The fraction of sp³-hybridized carbons (Fsp3) is 0.308. The molecule has 2 rings (SSSR count). The van der Waals surface area contributed by atoms with Crippen molar-refractivity contribution in [2.75, 3.05) is 0 Å². The van der Waals surface area contributed by atoms with Gasteiger partial charge in [0.2, 0.25) is 5.90 Å². The van der Waals surface area contributed by atoms with Crippen molar-refractivity contribution in [2.45, 2.75) is 25.8 Å². The monoisotopic (exact) mass is 235 g/mol. The standard InChI is InChI=1S/C13H14ClNO/c1-4-13(3)9(2)16-12(15-13)10-5-7-11(14)8-6-10/h5-8H,2,4H2,1,3H3. The molecule has 0 aromatic heterocycles. The fourth-order valence-electron chi connectivity index (χ4n) is 1.53. The summed E-state index contributed by atoms with van der Waals surface area (Å²) in [4.78, 5) is 4.57. The lowest BCUT2D eigenvalue weighted by Gasteiger charge is -2.16. The van der Waals surface area contributed by atoms with E-state index in [-0.39, 0.29) is 5.54 Å². The predicted octanol–water partition coefficient (Wildman–Crippen LogP) is 3.80. The number of hydrogen-bond acceptors (Lipinski definition) is 2. The number of hydrogen-bond donors (Lipinski definition) is 0. The Morgan fingerprint density at radius 3 is 2.50 bits per heavy atom. The Balaban J connectivity index is 2.34. The van der Waals surface area contributed by atoms with E-state index in [4.69, 9.17) is 16.3 Å². The SMILES string of the molecule is C=C1OC(c2ccc(Cl)cc2)=NC1(C)CC. The Kier molecular flexibility index (Phi) is 2.76. The van der Waals surface area contributed by atoms with Gasteiger partial charge < -0.3 is 4.74 Å². The first kappa shape index (κ1) is 11.2. The maximum Gasteiger partial charge on any atom is 0.222 e. The lowest BCUT2D eigenvalue weighted by molar-refractivity contribution is 0.365. The van der Waals surface area contributed by atoms with Crippen LogP contribution < -0.4 is 0 Å². The van der Waals surface area contributed by atoms with Gasteiger partial charge in [0.15, 0.2) is 0 Å². The van der Waals surface area contributed by atoms with Crippen LogP contribution in [0.15, 0.2) is 41.6 Å². The van der Waals surface area contributed by atoms with Crippen molar-refractivity contribution < 1.29 is 4.74 Å². The molecule has 1 aromatic carbocycles. The van der Waals surface area contributed by atoms with Gasteiger partial charge in [-0.15, -0.1) is 0 Å². The number of benzene rings is 1. The third kappa shape index (κ3) is 1.85. The summed E-state index contributed by atoms with van der Waals surface area (Å²) in [5.41, 5.74) is 0.636. The molecule has 1 aliphatic rings. The van der Waals surface area contributed by atoms with Crippen LogP contribution in [-0.2, 0) is 4.74 Å². The van der Waals surface area contributed by atoms with Crippen molar-refractivity contribution in [3.63, 3.8) is 0 Å². The van der Waals surface area contributed by atoms with E-state index in [1.807, 2.05) is 31.2 Å². The molecule has 1 atom stereocenters. The first-order chi connectivity index (χ1) is 7.55. The minimum absolute atomic E-state index is 0.297. The first-order valence-electron chi connectivity index (χ1n) is 5.28. The van der Waals surface area contributed by atoms with E-state index in [9.17, 15) is 0 Å². The molecule has 1 unspecified atom stereocenters. The van der Waals surface area contributed by atoms with Gasteiger partial charge in [-0.2, -0.15) is 0 Å². The van der Waals surface area contributed by atoms with E-state index in [2.05, 4.69) is 18.5 Å². The maximum absolute atomic E-state index is 5.83. The highest BCUT2D eigenvalue weighted by atomic mass is 35.5. The number of ether oxygens (including phenoxy) is 1. The van der Waals surface area contributed by atoms with Crippen LogP contribution in [0.5, 0.6) is 0 Å². The van der Waals surface area contributed by atoms with Crippen molar-refractivity contribution in [2.24, 2.45) is 4.99 Å². The van der Waals surface area contributed by atoms with Crippen LogP contribution >= 0.6 is 11.6 Å². The lowest BCUT2D eigenvalue weighted by atomic mass is 9.99. The zero-order chi connectivity index (χ0) is 11.8. The van der Waals surface area contributed by atoms with Crippen molar-refractivity contribution in [1.82, 2.24) is 0 Å². The predicted molar refractivity (Wildman–Crippen MR) is 66.9 cm³/mol. The number of rotatable bonds is 2. The first-order valence-corrected chi connectivity index (χ1v) is 5.66. The summed E-state index contributed by atoms with van der Waals surface area (Å²) in [6, 6.07) is 7.45. The molecule has 0 bridgehead atoms. The van der Waals surface area contributed by atoms with Crippen LogP contribution in [0.2, 0.25) is 5.02 Å². The summed E-state index contributed by atoms with van der Waals surface area (Å²) in [5.74, 6) is 1.34. The average molecular weight is 236 g/mol.